The molecule has 68 valence electrons. The molecule has 0 atom stereocenters. The van der Waals surface area contributed by atoms with Gasteiger partial charge in [-0.05, 0) is 24.5 Å². The zero-order valence-corrected chi connectivity index (χ0v) is 7.53. The number of aromatic nitrogens is 1. The minimum atomic E-state index is -0.0646. The summed E-state index contributed by atoms with van der Waals surface area (Å²) in [7, 11) is 0. The minimum absolute atomic E-state index is 0.0646. The van der Waals surface area contributed by atoms with Crippen LogP contribution in [0.25, 0.3) is 0 Å². The zero-order chi connectivity index (χ0) is 9.31. The van der Waals surface area contributed by atoms with Crippen LogP contribution in [0.4, 0.5) is 0 Å². The summed E-state index contributed by atoms with van der Waals surface area (Å²) in [6.07, 6.45) is 6.11. The fraction of sp³-hybridized carbons (Fsp3) is 0.500. The molecule has 1 saturated carbocycles. The fourth-order valence-electron chi connectivity index (χ4n) is 1.52. The number of nitriles is 1. The highest BCUT2D eigenvalue weighted by Gasteiger charge is 2.43. The van der Waals surface area contributed by atoms with Crippen LogP contribution in [0, 0.1) is 16.7 Å². The van der Waals surface area contributed by atoms with E-state index in [1.807, 2.05) is 18.5 Å². The third-order valence-corrected chi connectivity index (χ3v) is 2.62. The van der Waals surface area contributed by atoms with Crippen molar-refractivity contribution >= 4 is 0 Å². The van der Waals surface area contributed by atoms with Gasteiger partial charge < -0.3 is 10.3 Å². The summed E-state index contributed by atoms with van der Waals surface area (Å²) in [6.45, 7) is 1.40. The average molecular weight is 175 g/mol. The van der Waals surface area contributed by atoms with Gasteiger partial charge in [0, 0.05) is 25.5 Å². The Labute approximate surface area is 77.8 Å². The summed E-state index contributed by atoms with van der Waals surface area (Å²) in [5.41, 5.74) is 6.57. The van der Waals surface area contributed by atoms with E-state index in [0.29, 0.717) is 6.54 Å². The molecule has 0 bridgehead atoms. The smallest absolute Gasteiger partial charge is 0.0753 e. The Morgan fingerprint density at radius 1 is 1.62 bits per heavy atom. The van der Waals surface area contributed by atoms with Crippen LogP contribution in [0.3, 0.4) is 0 Å². The molecule has 2 N–H and O–H groups in total. The number of hydrogen-bond acceptors (Lipinski definition) is 2. The Balaban J connectivity index is 2.06. The van der Waals surface area contributed by atoms with E-state index in [0.717, 1.165) is 24.9 Å². The number of hydrogen-bond donors (Lipinski definition) is 1. The first-order valence-electron chi connectivity index (χ1n) is 4.54. The zero-order valence-electron chi connectivity index (χ0n) is 7.53. The van der Waals surface area contributed by atoms with E-state index < -0.39 is 0 Å². The van der Waals surface area contributed by atoms with Gasteiger partial charge in [0.15, 0.2) is 0 Å². The van der Waals surface area contributed by atoms with Crippen LogP contribution in [0.15, 0.2) is 18.5 Å². The Morgan fingerprint density at radius 3 is 2.85 bits per heavy atom. The second kappa shape index (κ2) is 2.90. The van der Waals surface area contributed by atoms with Gasteiger partial charge in [-0.2, -0.15) is 5.26 Å². The Bertz CT molecular complexity index is 341. The molecule has 0 radical (unpaired) electrons. The van der Waals surface area contributed by atoms with Crippen molar-refractivity contribution in [2.24, 2.45) is 11.1 Å². The maximum Gasteiger partial charge on any atom is 0.0753 e. The highest BCUT2D eigenvalue weighted by molar-refractivity contribution is 5.14. The SMILES string of the molecule is N#CC1(Cn2ccc(CN)c2)CC1. The first-order chi connectivity index (χ1) is 6.28. The second-order valence-electron chi connectivity index (χ2n) is 3.79. The number of nitrogens with zero attached hydrogens (tertiary/aromatic N) is 2. The summed E-state index contributed by atoms with van der Waals surface area (Å²) in [5, 5.41) is 8.89. The highest BCUT2D eigenvalue weighted by atomic mass is 15.0. The molecule has 1 aromatic heterocycles. The van der Waals surface area contributed by atoms with E-state index in [1.54, 1.807) is 0 Å². The van der Waals surface area contributed by atoms with E-state index in [9.17, 15) is 0 Å². The van der Waals surface area contributed by atoms with Crippen molar-refractivity contribution < 1.29 is 0 Å². The fourth-order valence-corrected chi connectivity index (χ4v) is 1.52. The van der Waals surface area contributed by atoms with E-state index in [2.05, 4.69) is 10.6 Å². The van der Waals surface area contributed by atoms with Crippen LogP contribution >= 0.6 is 0 Å². The average Bonchev–Trinajstić information content (AvgIpc) is 2.77. The van der Waals surface area contributed by atoms with Crippen molar-refractivity contribution in [1.82, 2.24) is 4.57 Å². The van der Waals surface area contributed by atoms with E-state index in [-0.39, 0.29) is 5.41 Å². The largest absolute Gasteiger partial charge is 0.352 e. The molecule has 1 aromatic rings. The van der Waals surface area contributed by atoms with Crippen LogP contribution < -0.4 is 5.73 Å². The Morgan fingerprint density at radius 2 is 2.38 bits per heavy atom. The van der Waals surface area contributed by atoms with Crippen molar-refractivity contribution in [2.75, 3.05) is 0 Å². The monoisotopic (exact) mass is 175 g/mol. The molecule has 0 saturated heterocycles. The van der Waals surface area contributed by atoms with Gasteiger partial charge in [0.05, 0.1) is 11.5 Å². The number of nitrogens with two attached hydrogens (primary N) is 1. The normalized spacial score (nSPS) is 18.2. The highest BCUT2D eigenvalue weighted by Crippen LogP contribution is 2.46. The molecule has 2 rings (SSSR count). The molecular formula is C10H13N3. The lowest BCUT2D eigenvalue weighted by Gasteiger charge is -2.05. The molecular weight excluding hydrogens is 162 g/mol. The Kier molecular flexibility index (Phi) is 1.86. The van der Waals surface area contributed by atoms with Crippen molar-refractivity contribution in [3.63, 3.8) is 0 Å². The van der Waals surface area contributed by atoms with Gasteiger partial charge in [0.25, 0.3) is 0 Å². The quantitative estimate of drug-likeness (QED) is 0.751. The molecule has 0 spiro atoms. The predicted octanol–water partition coefficient (Wildman–Crippen LogP) is 1.25. The maximum atomic E-state index is 8.89. The molecule has 1 fully saturated rings. The number of rotatable bonds is 3. The molecule has 0 amide bonds. The first-order valence-corrected chi connectivity index (χ1v) is 4.54. The van der Waals surface area contributed by atoms with Crippen molar-refractivity contribution in [3.8, 4) is 6.07 Å². The lowest BCUT2D eigenvalue weighted by Crippen LogP contribution is -2.07. The predicted molar refractivity (Wildman–Crippen MR) is 49.6 cm³/mol. The topological polar surface area (TPSA) is 54.7 Å². The summed E-state index contributed by atoms with van der Waals surface area (Å²) < 4.78 is 2.07. The summed E-state index contributed by atoms with van der Waals surface area (Å²) in [6, 6.07) is 4.38. The van der Waals surface area contributed by atoms with E-state index in [1.165, 1.54) is 0 Å². The van der Waals surface area contributed by atoms with Gasteiger partial charge in [-0.15, -0.1) is 0 Å². The lowest BCUT2D eigenvalue weighted by molar-refractivity contribution is 0.529. The van der Waals surface area contributed by atoms with Crippen LogP contribution in [0.5, 0.6) is 0 Å². The third-order valence-electron chi connectivity index (χ3n) is 2.62. The molecule has 0 unspecified atom stereocenters. The van der Waals surface area contributed by atoms with Gasteiger partial charge in [0.1, 0.15) is 0 Å². The molecule has 1 aliphatic rings. The van der Waals surface area contributed by atoms with Crippen molar-refractivity contribution in [1.29, 1.82) is 5.26 Å². The molecule has 1 aliphatic carbocycles. The summed E-state index contributed by atoms with van der Waals surface area (Å²) in [4.78, 5) is 0. The molecule has 0 aliphatic heterocycles. The van der Waals surface area contributed by atoms with E-state index in [4.69, 9.17) is 11.0 Å². The molecule has 13 heavy (non-hydrogen) atoms. The van der Waals surface area contributed by atoms with Crippen molar-refractivity contribution in [3.05, 3.63) is 24.0 Å². The van der Waals surface area contributed by atoms with Gasteiger partial charge in [-0.25, -0.2) is 0 Å². The van der Waals surface area contributed by atoms with Crippen LogP contribution in [0.2, 0.25) is 0 Å². The van der Waals surface area contributed by atoms with Gasteiger partial charge in [0.2, 0.25) is 0 Å². The van der Waals surface area contributed by atoms with Crippen LogP contribution in [-0.4, -0.2) is 4.57 Å². The summed E-state index contributed by atoms with van der Waals surface area (Å²) in [5.74, 6) is 0. The van der Waals surface area contributed by atoms with E-state index >= 15 is 0 Å². The molecule has 3 heteroatoms. The lowest BCUT2D eigenvalue weighted by atomic mass is 10.1. The molecule has 3 nitrogen and oxygen atoms in total. The minimum Gasteiger partial charge on any atom is -0.352 e. The maximum absolute atomic E-state index is 8.89. The first kappa shape index (κ1) is 8.33. The van der Waals surface area contributed by atoms with Crippen LogP contribution in [0.1, 0.15) is 18.4 Å². The molecule has 1 heterocycles. The van der Waals surface area contributed by atoms with Crippen LogP contribution in [-0.2, 0) is 13.1 Å². The van der Waals surface area contributed by atoms with Crippen molar-refractivity contribution in [2.45, 2.75) is 25.9 Å². The third kappa shape index (κ3) is 1.58. The van der Waals surface area contributed by atoms with Gasteiger partial charge >= 0.3 is 0 Å². The summed E-state index contributed by atoms with van der Waals surface area (Å²) >= 11 is 0. The second-order valence-corrected chi connectivity index (χ2v) is 3.79. The standard InChI is InChI=1S/C10H13N3/c11-5-9-1-4-13(6-9)8-10(7-12)2-3-10/h1,4,6H,2-3,5,8,11H2. The Hall–Kier alpha value is -1.27. The van der Waals surface area contributed by atoms with Gasteiger partial charge in [-0.1, -0.05) is 0 Å². The molecule has 0 aromatic carbocycles. The van der Waals surface area contributed by atoms with Gasteiger partial charge in [-0.3, -0.25) is 0 Å².